The molecule has 1 heterocycles. The van der Waals surface area contributed by atoms with Crippen LogP contribution in [-0.4, -0.2) is 12.9 Å². The van der Waals surface area contributed by atoms with Crippen molar-refractivity contribution in [2.75, 3.05) is 7.11 Å². The molecule has 150 valence electrons. The van der Waals surface area contributed by atoms with E-state index in [1.807, 2.05) is 54.6 Å². The van der Waals surface area contributed by atoms with E-state index in [0.29, 0.717) is 28.7 Å². The maximum absolute atomic E-state index is 12.6. The largest absolute Gasteiger partial charge is 0.496 e. The number of methoxy groups -OCH3 is 1. The number of Topliss-reactive ketones (excluding diaryl/α,β-unsaturated/α-hetero) is 1. The maximum Gasteiger partial charge on any atom is 0.231 e. The van der Waals surface area contributed by atoms with Crippen LogP contribution in [0.5, 0.6) is 17.2 Å². The summed E-state index contributed by atoms with van der Waals surface area (Å²) in [5.41, 5.74) is 2.43. The molecule has 5 heteroatoms. The van der Waals surface area contributed by atoms with Crippen molar-refractivity contribution in [3.63, 3.8) is 0 Å². The third kappa shape index (κ3) is 4.39. The van der Waals surface area contributed by atoms with Crippen LogP contribution >= 0.6 is 11.6 Å². The Morgan fingerprint density at radius 1 is 1.03 bits per heavy atom. The first-order valence-electron chi connectivity index (χ1n) is 9.39. The zero-order valence-electron chi connectivity index (χ0n) is 16.3. The highest BCUT2D eigenvalue weighted by atomic mass is 35.5. The predicted octanol–water partition coefficient (Wildman–Crippen LogP) is 6.10. The summed E-state index contributed by atoms with van der Waals surface area (Å²) in [5.74, 6) is 1.99. The van der Waals surface area contributed by atoms with Gasteiger partial charge in [-0.05, 0) is 42.0 Å². The van der Waals surface area contributed by atoms with Crippen molar-refractivity contribution in [1.82, 2.24) is 0 Å². The standard InChI is InChI=1S/C25H19ClO4/c1-28-22-7-3-2-5-18(22)6-4-8-23-25(27)21-14-13-20(15-24(21)30-23)29-16-17-9-11-19(26)12-10-17/h2-15H,16H2,1H3. The molecule has 0 aliphatic carbocycles. The van der Waals surface area contributed by atoms with Crippen molar-refractivity contribution >= 4 is 23.5 Å². The highest BCUT2D eigenvalue weighted by Crippen LogP contribution is 2.34. The molecule has 0 spiro atoms. The molecule has 30 heavy (non-hydrogen) atoms. The third-order valence-electron chi connectivity index (χ3n) is 4.62. The summed E-state index contributed by atoms with van der Waals surface area (Å²) in [5, 5.41) is 0.683. The summed E-state index contributed by atoms with van der Waals surface area (Å²) in [6.07, 6.45) is 5.30. The number of ether oxygens (including phenoxy) is 3. The Morgan fingerprint density at radius 2 is 1.83 bits per heavy atom. The smallest absolute Gasteiger partial charge is 0.231 e. The second kappa shape index (κ2) is 8.89. The summed E-state index contributed by atoms with van der Waals surface area (Å²) in [6, 6.07) is 20.3. The molecule has 0 saturated carbocycles. The first-order valence-corrected chi connectivity index (χ1v) is 9.77. The molecule has 0 saturated heterocycles. The number of benzene rings is 3. The van der Waals surface area contributed by atoms with E-state index < -0.39 is 0 Å². The van der Waals surface area contributed by atoms with Gasteiger partial charge in [0.05, 0.1) is 12.7 Å². The van der Waals surface area contributed by atoms with Gasteiger partial charge in [-0.1, -0.05) is 54.1 Å². The van der Waals surface area contributed by atoms with Crippen LogP contribution < -0.4 is 14.2 Å². The van der Waals surface area contributed by atoms with E-state index in [1.165, 1.54) is 0 Å². The number of allylic oxidation sites excluding steroid dienone is 3. The SMILES string of the molecule is COc1ccccc1C=CC=C1Oc2cc(OCc3ccc(Cl)cc3)ccc2C1=O. The Hall–Kier alpha value is -3.50. The fraction of sp³-hybridized carbons (Fsp3) is 0.0800. The normalized spacial score (nSPS) is 14.1. The van der Waals surface area contributed by atoms with E-state index in [2.05, 4.69) is 0 Å². The van der Waals surface area contributed by atoms with Gasteiger partial charge >= 0.3 is 0 Å². The van der Waals surface area contributed by atoms with Crippen LogP contribution in [0.25, 0.3) is 6.08 Å². The minimum atomic E-state index is -0.154. The number of para-hydroxylation sites is 1. The van der Waals surface area contributed by atoms with Crippen LogP contribution in [0.1, 0.15) is 21.5 Å². The molecule has 3 aromatic carbocycles. The van der Waals surface area contributed by atoms with E-state index in [9.17, 15) is 4.79 Å². The molecule has 3 aromatic rings. The minimum Gasteiger partial charge on any atom is -0.496 e. The molecule has 0 bridgehead atoms. The summed E-state index contributed by atoms with van der Waals surface area (Å²) < 4.78 is 16.9. The Labute approximate surface area is 180 Å². The lowest BCUT2D eigenvalue weighted by Gasteiger charge is -2.07. The number of rotatable bonds is 6. The van der Waals surface area contributed by atoms with E-state index in [-0.39, 0.29) is 11.5 Å². The molecule has 4 nitrogen and oxygen atoms in total. The first-order chi connectivity index (χ1) is 14.6. The lowest BCUT2D eigenvalue weighted by atomic mass is 10.1. The van der Waals surface area contributed by atoms with Crippen LogP contribution in [0.2, 0.25) is 5.02 Å². The van der Waals surface area contributed by atoms with Crippen molar-refractivity contribution in [3.05, 3.63) is 106 Å². The fourth-order valence-electron chi connectivity index (χ4n) is 3.06. The van der Waals surface area contributed by atoms with Crippen molar-refractivity contribution in [1.29, 1.82) is 0 Å². The Morgan fingerprint density at radius 3 is 2.63 bits per heavy atom. The van der Waals surface area contributed by atoms with Gasteiger partial charge in [-0.3, -0.25) is 4.79 Å². The summed E-state index contributed by atoms with van der Waals surface area (Å²) in [6.45, 7) is 0.397. The average molecular weight is 419 g/mol. The fourth-order valence-corrected chi connectivity index (χ4v) is 3.19. The van der Waals surface area contributed by atoms with E-state index in [0.717, 1.165) is 16.9 Å². The molecule has 1 aliphatic heterocycles. The molecule has 0 amide bonds. The molecular weight excluding hydrogens is 400 g/mol. The van der Waals surface area contributed by atoms with E-state index in [4.69, 9.17) is 25.8 Å². The van der Waals surface area contributed by atoms with Gasteiger partial charge in [-0.15, -0.1) is 0 Å². The van der Waals surface area contributed by atoms with E-state index in [1.54, 1.807) is 37.5 Å². The van der Waals surface area contributed by atoms with Crippen LogP contribution in [0.15, 0.2) is 84.6 Å². The Balaban J connectivity index is 1.45. The van der Waals surface area contributed by atoms with Gasteiger partial charge in [0, 0.05) is 16.7 Å². The Kier molecular flexibility index (Phi) is 5.87. The van der Waals surface area contributed by atoms with E-state index >= 15 is 0 Å². The molecular formula is C25H19ClO4. The number of halogens is 1. The summed E-state index contributed by atoms with van der Waals surface area (Å²) in [4.78, 5) is 12.6. The number of ketones is 1. The number of carbonyl (C=O) groups is 1. The molecule has 0 fully saturated rings. The summed E-state index contributed by atoms with van der Waals surface area (Å²) in [7, 11) is 1.62. The van der Waals surface area contributed by atoms with Gasteiger partial charge in [0.25, 0.3) is 0 Å². The van der Waals surface area contributed by atoms with Crippen molar-refractivity contribution in [2.45, 2.75) is 6.61 Å². The highest BCUT2D eigenvalue weighted by Gasteiger charge is 2.27. The molecule has 0 atom stereocenters. The van der Waals surface area contributed by atoms with Crippen molar-refractivity contribution in [3.8, 4) is 17.2 Å². The monoisotopic (exact) mass is 418 g/mol. The number of hydrogen-bond acceptors (Lipinski definition) is 4. The number of carbonyl (C=O) groups excluding carboxylic acids is 1. The maximum atomic E-state index is 12.6. The first kappa shape index (κ1) is 19.8. The van der Waals surface area contributed by atoms with Crippen molar-refractivity contribution in [2.24, 2.45) is 0 Å². The van der Waals surface area contributed by atoms with Crippen molar-refractivity contribution < 1.29 is 19.0 Å². The van der Waals surface area contributed by atoms with Gasteiger partial charge in [-0.2, -0.15) is 0 Å². The average Bonchev–Trinajstić information content (AvgIpc) is 3.08. The highest BCUT2D eigenvalue weighted by molar-refractivity contribution is 6.30. The zero-order chi connectivity index (χ0) is 20.9. The second-order valence-corrected chi connectivity index (χ2v) is 7.07. The molecule has 4 rings (SSSR count). The molecule has 0 N–H and O–H groups in total. The number of fused-ring (bicyclic) bond motifs is 1. The molecule has 0 radical (unpaired) electrons. The lowest BCUT2D eigenvalue weighted by Crippen LogP contribution is -1.97. The summed E-state index contributed by atoms with van der Waals surface area (Å²) >= 11 is 5.90. The van der Waals surface area contributed by atoms with Gasteiger partial charge in [0.1, 0.15) is 23.9 Å². The topological polar surface area (TPSA) is 44.8 Å². The minimum absolute atomic E-state index is 0.154. The molecule has 1 aliphatic rings. The quantitative estimate of drug-likeness (QED) is 0.454. The van der Waals surface area contributed by atoms with Gasteiger partial charge in [-0.25, -0.2) is 0 Å². The lowest BCUT2D eigenvalue weighted by molar-refractivity contribution is 0.101. The van der Waals surface area contributed by atoms with Crippen LogP contribution in [0.4, 0.5) is 0 Å². The van der Waals surface area contributed by atoms with Gasteiger partial charge < -0.3 is 14.2 Å². The predicted molar refractivity (Wildman–Crippen MR) is 117 cm³/mol. The van der Waals surface area contributed by atoms with Crippen LogP contribution in [-0.2, 0) is 6.61 Å². The molecule has 0 unspecified atom stereocenters. The van der Waals surface area contributed by atoms with Crippen LogP contribution in [0, 0.1) is 0 Å². The van der Waals surface area contributed by atoms with Gasteiger partial charge in [0.15, 0.2) is 5.76 Å². The molecule has 0 aromatic heterocycles. The van der Waals surface area contributed by atoms with Gasteiger partial charge in [0.2, 0.25) is 5.78 Å². The number of hydrogen-bond donors (Lipinski definition) is 0. The second-order valence-electron chi connectivity index (χ2n) is 6.64. The zero-order valence-corrected chi connectivity index (χ0v) is 17.1. The third-order valence-corrected chi connectivity index (χ3v) is 4.87. The van der Waals surface area contributed by atoms with Crippen LogP contribution in [0.3, 0.4) is 0 Å². The Bertz CT molecular complexity index is 1130.